The molecule has 100 valence electrons. The molecule has 1 fully saturated rings. The molecule has 0 unspecified atom stereocenters. The molecule has 1 saturated carbocycles. The lowest BCUT2D eigenvalue weighted by atomic mass is 9.87. The van der Waals surface area contributed by atoms with Crippen molar-refractivity contribution < 1.29 is 0 Å². The van der Waals surface area contributed by atoms with E-state index in [1.54, 1.807) is 0 Å². The highest BCUT2D eigenvalue weighted by atomic mass is 35.5. The van der Waals surface area contributed by atoms with E-state index in [0.29, 0.717) is 0 Å². The molecule has 0 aliphatic heterocycles. The van der Waals surface area contributed by atoms with Crippen LogP contribution in [0.2, 0.25) is 5.02 Å². The summed E-state index contributed by atoms with van der Waals surface area (Å²) in [7, 11) is 0. The van der Waals surface area contributed by atoms with Gasteiger partial charge >= 0.3 is 0 Å². The fourth-order valence-corrected chi connectivity index (χ4v) is 2.97. The first kappa shape index (κ1) is 13.9. The topological polar surface area (TPSA) is 12.0 Å². The van der Waals surface area contributed by atoms with Gasteiger partial charge in [0.1, 0.15) is 0 Å². The Labute approximate surface area is 116 Å². The van der Waals surface area contributed by atoms with Crippen LogP contribution in [0.3, 0.4) is 0 Å². The van der Waals surface area contributed by atoms with Crippen molar-refractivity contribution in [3.63, 3.8) is 0 Å². The summed E-state index contributed by atoms with van der Waals surface area (Å²) in [5.74, 6) is 0.939. The number of halogens is 1. The lowest BCUT2D eigenvalue weighted by Crippen LogP contribution is -2.33. The van der Waals surface area contributed by atoms with Crippen molar-refractivity contribution >= 4 is 11.6 Å². The second-order valence-electron chi connectivity index (χ2n) is 5.64. The zero-order valence-electron chi connectivity index (χ0n) is 11.3. The molecule has 1 N–H and O–H groups in total. The minimum absolute atomic E-state index is 0.764. The highest BCUT2D eigenvalue weighted by Crippen LogP contribution is 2.23. The average Bonchev–Trinajstić information content (AvgIpc) is 2.37. The van der Waals surface area contributed by atoms with Gasteiger partial charge in [0, 0.05) is 11.1 Å². The first-order chi connectivity index (χ1) is 8.74. The SMILES string of the molecule is C[C@H]1CC[C@H](NCCCc2cccc(Cl)c2)CC1. The maximum atomic E-state index is 5.98. The molecule has 1 aliphatic rings. The maximum absolute atomic E-state index is 5.98. The molecule has 0 bridgehead atoms. The van der Waals surface area contributed by atoms with Gasteiger partial charge in [-0.25, -0.2) is 0 Å². The van der Waals surface area contributed by atoms with Gasteiger partial charge in [-0.15, -0.1) is 0 Å². The summed E-state index contributed by atoms with van der Waals surface area (Å²) in [6, 6.07) is 8.97. The molecule has 0 radical (unpaired) electrons. The van der Waals surface area contributed by atoms with Crippen LogP contribution in [0.1, 0.15) is 44.6 Å². The first-order valence-corrected chi connectivity index (χ1v) is 7.59. The molecule has 0 saturated heterocycles. The molecule has 2 rings (SSSR count). The van der Waals surface area contributed by atoms with E-state index in [4.69, 9.17) is 11.6 Å². The van der Waals surface area contributed by atoms with Crippen LogP contribution < -0.4 is 5.32 Å². The summed E-state index contributed by atoms with van der Waals surface area (Å²) in [6.07, 6.45) is 7.83. The molecule has 0 heterocycles. The Morgan fingerprint density at radius 2 is 2.00 bits per heavy atom. The summed E-state index contributed by atoms with van der Waals surface area (Å²) in [6.45, 7) is 3.50. The predicted molar refractivity (Wildman–Crippen MR) is 79.2 cm³/mol. The minimum Gasteiger partial charge on any atom is -0.314 e. The van der Waals surface area contributed by atoms with Gasteiger partial charge < -0.3 is 5.32 Å². The van der Waals surface area contributed by atoms with E-state index in [2.05, 4.69) is 24.4 Å². The molecular weight excluding hydrogens is 242 g/mol. The van der Waals surface area contributed by atoms with Crippen molar-refractivity contribution in [3.05, 3.63) is 34.9 Å². The number of aryl methyl sites for hydroxylation is 1. The van der Waals surface area contributed by atoms with Gasteiger partial charge in [0.25, 0.3) is 0 Å². The molecule has 1 aromatic rings. The van der Waals surface area contributed by atoms with E-state index in [1.807, 2.05) is 12.1 Å². The Kier molecular flexibility index (Phi) is 5.52. The average molecular weight is 266 g/mol. The molecule has 0 spiro atoms. The highest BCUT2D eigenvalue weighted by molar-refractivity contribution is 6.30. The number of benzene rings is 1. The number of rotatable bonds is 5. The normalized spacial score (nSPS) is 24.1. The van der Waals surface area contributed by atoms with E-state index < -0.39 is 0 Å². The van der Waals surface area contributed by atoms with Crippen LogP contribution in [-0.4, -0.2) is 12.6 Å². The first-order valence-electron chi connectivity index (χ1n) is 7.22. The minimum atomic E-state index is 0.764. The third-order valence-corrected chi connectivity index (χ3v) is 4.22. The molecule has 1 aliphatic carbocycles. The summed E-state index contributed by atoms with van der Waals surface area (Å²) >= 11 is 5.98. The van der Waals surface area contributed by atoms with Crippen molar-refractivity contribution in [2.24, 2.45) is 5.92 Å². The lowest BCUT2D eigenvalue weighted by Gasteiger charge is -2.27. The van der Waals surface area contributed by atoms with Crippen LogP contribution in [0, 0.1) is 5.92 Å². The van der Waals surface area contributed by atoms with Crippen LogP contribution in [-0.2, 0) is 6.42 Å². The zero-order chi connectivity index (χ0) is 12.8. The Morgan fingerprint density at radius 1 is 1.22 bits per heavy atom. The standard InChI is InChI=1S/C16H24ClN/c1-13-7-9-16(10-8-13)18-11-3-5-14-4-2-6-15(17)12-14/h2,4,6,12-13,16,18H,3,5,7-11H2,1H3/t13-,16-. The van der Waals surface area contributed by atoms with E-state index in [-0.39, 0.29) is 0 Å². The van der Waals surface area contributed by atoms with Crippen LogP contribution in [0.25, 0.3) is 0 Å². The molecule has 1 aromatic carbocycles. The van der Waals surface area contributed by atoms with E-state index in [1.165, 1.54) is 37.7 Å². The third-order valence-electron chi connectivity index (χ3n) is 3.98. The molecular formula is C16H24ClN. The van der Waals surface area contributed by atoms with Crippen LogP contribution in [0.5, 0.6) is 0 Å². The second-order valence-corrected chi connectivity index (χ2v) is 6.08. The molecule has 2 heteroatoms. The van der Waals surface area contributed by atoms with Crippen LogP contribution >= 0.6 is 11.6 Å². The van der Waals surface area contributed by atoms with Crippen molar-refractivity contribution in [1.82, 2.24) is 5.32 Å². The number of hydrogen-bond acceptors (Lipinski definition) is 1. The van der Waals surface area contributed by atoms with E-state index >= 15 is 0 Å². The Bertz CT molecular complexity index is 356. The Hall–Kier alpha value is -0.530. The van der Waals surface area contributed by atoms with Crippen molar-refractivity contribution in [1.29, 1.82) is 0 Å². The molecule has 18 heavy (non-hydrogen) atoms. The Balaban J connectivity index is 1.61. The van der Waals surface area contributed by atoms with Gasteiger partial charge in [0.05, 0.1) is 0 Å². The summed E-state index contributed by atoms with van der Waals surface area (Å²) in [4.78, 5) is 0. The quantitative estimate of drug-likeness (QED) is 0.776. The highest BCUT2D eigenvalue weighted by Gasteiger charge is 2.16. The van der Waals surface area contributed by atoms with Gasteiger partial charge in [-0.3, -0.25) is 0 Å². The van der Waals surface area contributed by atoms with Gasteiger partial charge in [0.15, 0.2) is 0 Å². The summed E-state index contributed by atoms with van der Waals surface area (Å²) < 4.78 is 0. The van der Waals surface area contributed by atoms with Crippen LogP contribution in [0.15, 0.2) is 24.3 Å². The zero-order valence-corrected chi connectivity index (χ0v) is 12.0. The molecule has 0 aromatic heterocycles. The van der Waals surface area contributed by atoms with Crippen molar-refractivity contribution in [2.45, 2.75) is 51.5 Å². The van der Waals surface area contributed by atoms with E-state index in [9.17, 15) is 0 Å². The van der Waals surface area contributed by atoms with Crippen molar-refractivity contribution in [2.75, 3.05) is 6.54 Å². The number of nitrogens with one attached hydrogen (secondary N) is 1. The fraction of sp³-hybridized carbons (Fsp3) is 0.625. The van der Waals surface area contributed by atoms with Crippen LogP contribution in [0.4, 0.5) is 0 Å². The summed E-state index contributed by atoms with van der Waals surface area (Å²) in [5.41, 5.74) is 1.35. The summed E-state index contributed by atoms with van der Waals surface area (Å²) in [5, 5.41) is 4.54. The van der Waals surface area contributed by atoms with E-state index in [0.717, 1.165) is 29.9 Å². The van der Waals surface area contributed by atoms with Gasteiger partial charge in [-0.1, -0.05) is 30.7 Å². The molecule has 0 amide bonds. The number of hydrogen-bond donors (Lipinski definition) is 1. The second kappa shape index (κ2) is 7.16. The fourth-order valence-electron chi connectivity index (χ4n) is 2.76. The largest absolute Gasteiger partial charge is 0.314 e. The van der Waals surface area contributed by atoms with Gasteiger partial charge in [0.2, 0.25) is 0 Å². The van der Waals surface area contributed by atoms with Gasteiger partial charge in [-0.2, -0.15) is 0 Å². The molecule has 0 atom stereocenters. The lowest BCUT2D eigenvalue weighted by molar-refractivity contribution is 0.307. The third kappa shape index (κ3) is 4.62. The Morgan fingerprint density at radius 3 is 2.72 bits per heavy atom. The maximum Gasteiger partial charge on any atom is 0.0408 e. The van der Waals surface area contributed by atoms with Crippen molar-refractivity contribution in [3.8, 4) is 0 Å². The monoisotopic (exact) mass is 265 g/mol. The van der Waals surface area contributed by atoms with Gasteiger partial charge in [-0.05, 0) is 68.7 Å². The smallest absolute Gasteiger partial charge is 0.0408 e. The predicted octanol–water partition coefficient (Wildman–Crippen LogP) is 4.44. The molecule has 1 nitrogen and oxygen atoms in total.